The summed E-state index contributed by atoms with van der Waals surface area (Å²) in [6.07, 6.45) is 7.25. The number of fused-ring (bicyclic) bond motifs is 5. The Morgan fingerprint density at radius 1 is 1.32 bits per heavy atom. The molecule has 0 aromatic carbocycles. The van der Waals surface area contributed by atoms with E-state index in [0.717, 1.165) is 38.5 Å². The number of halogens is 1. The van der Waals surface area contributed by atoms with Gasteiger partial charge in [-0.2, -0.15) is 0 Å². The Morgan fingerprint density at radius 2 is 2.11 bits per heavy atom. The van der Waals surface area contributed by atoms with E-state index in [4.69, 9.17) is 9.47 Å². The van der Waals surface area contributed by atoms with E-state index in [1.54, 1.807) is 7.11 Å². The maximum atomic E-state index is 12.9. The first kappa shape index (κ1) is 19.7. The SMILES string of the molecule is COC1OC1[C@H]1CC[C@@]2(C)C(=C[C@H](O)C3C4C[C@@H](Br)C(=O)[C@@]4(CO)CCC32)C1. The van der Waals surface area contributed by atoms with Gasteiger partial charge in [0.2, 0.25) is 0 Å². The predicted octanol–water partition coefficient (Wildman–Crippen LogP) is 2.82. The van der Waals surface area contributed by atoms with Crippen LogP contribution in [0.2, 0.25) is 0 Å². The van der Waals surface area contributed by atoms with Gasteiger partial charge in [0.05, 0.1) is 23.0 Å². The van der Waals surface area contributed by atoms with Crippen LogP contribution in [0.15, 0.2) is 11.6 Å². The highest BCUT2D eigenvalue weighted by Gasteiger charge is 2.64. The molecular formula is C22H31BrO5. The van der Waals surface area contributed by atoms with Crippen LogP contribution in [0.4, 0.5) is 0 Å². The molecule has 1 heterocycles. The normalized spacial score (nSPS) is 55.2. The number of carbonyl (C=O) groups excluding carboxylic acids is 1. The van der Waals surface area contributed by atoms with E-state index < -0.39 is 11.5 Å². The number of ether oxygens (including phenoxy) is 2. The van der Waals surface area contributed by atoms with Gasteiger partial charge in [-0.1, -0.05) is 34.5 Å². The summed E-state index contributed by atoms with van der Waals surface area (Å²) in [5.74, 6) is 1.10. The minimum atomic E-state index is -0.664. The third kappa shape index (κ3) is 2.54. The van der Waals surface area contributed by atoms with Gasteiger partial charge in [0.15, 0.2) is 12.1 Å². The molecule has 5 unspecified atom stereocenters. The van der Waals surface area contributed by atoms with Crippen molar-refractivity contribution >= 4 is 21.7 Å². The van der Waals surface area contributed by atoms with Crippen LogP contribution in [-0.4, -0.2) is 53.0 Å². The molecule has 5 aliphatic rings. The molecule has 0 bridgehead atoms. The van der Waals surface area contributed by atoms with E-state index in [1.807, 2.05) is 0 Å². The lowest BCUT2D eigenvalue weighted by molar-refractivity contribution is -0.142. The van der Waals surface area contributed by atoms with Gasteiger partial charge in [-0.05, 0) is 67.6 Å². The number of Topliss-reactive ketones (excluding diaryl/α,β-unsaturated/α-hetero) is 1. The first-order valence-corrected chi connectivity index (χ1v) is 11.6. The number of epoxide rings is 1. The molecule has 0 aromatic heterocycles. The third-order valence-corrected chi connectivity index (χ3v) is 9.86. The molecular weight excluding hydrogens is 424 g/mol. The van der Waals surface area contributed by atoms with Gasteiger partial charge in [-0.3, -0.25) is 4.79 Å². The Kier molecular flexibility index (Phi) is 4.65. The number of rotatable bonds is 3. The minimum Gasteiger partial charge on any atom is -0.395 e. The number of allylic oxidation sites excluding steroid dienone is 1. The van der Waals surface area contributed by atoms with Crippen molar-refractivity contribution in [2.24, 2.45) is 34.5 Å². The standard InChI is InChI=1S/C22H31BrO5/c1-21-5-3-11(18-20(27-2)28-18)7-12(21)8-16(25)17-13(21)4-6-22(10-24)14(17)9-15(23)19(22)26/h8,11,13-18,20,24-25H,3-7,9-10H2,1-2H3/t11-,13?,14?,15+,16-,17?,18?,20?,21-,22+/m0/s1. The largest absolute Gasteiger partial charge is 0.395 e. The fourth-order valence-electron chi connectivity index (χ4n) is 7.44. The number of hydrogen-bond donors (Lipinski definition) is 2. The first-order chi connectivity index (χ1) is 13.4. The zero-order chi connectivity index (χ0) is 19.8. The topological polar surface area (TPSA) is 79.3 Å². The fraction of sp³-hybridized carbons (Fsp3) is 0.864. The highest BCUT2D eigenvalue weighted by Crippen LogP contribution is 2.65. The van der Waals surface area contributed by atoms with Crippen LogP contribution in [0.5, 0.6) is 0 Å². The summed E-state index contributed by atoms with van der Waals surface area (Å²) in [5, 5.41) is 21.4. The Morgan fingerprint density at radius 3 is 2.79 bits per heavy atom. The van der Waals surface area contributed by atoms with E-state index in [2.05, 4.69) is 28.9 Å². The minimum absolute atomic E-state index is 0.0557. The molecule has 0 radical (unpaired) electrons. The van der Waals surface area contributed by atoms with Gasteiger partial charge in [0.1, 0.15) is 6.10 Å². The highest BCUT2D eigenvalue weighted by molar-refractivity contribution is 9.10. The number of carbonyl (C=O) groups is 1. The molecule has 10 atom stereocenters. The van der Waals surface area contributed by atoms with Crippen LogP contribution in [0.1, 0.15) is 45.4 Å². The molecule has 28 heavy (non-hydrogen) atoms. The van der Waals surface area contributed by atoms with E-state index in [1.165, 1.54) is 5.57 Å². The lowest BCUT2D eigenvalue weighted by Gasteiger charge is -2.58. The summed E-state index contributed by atoms with van der Waals surface area (Å²) in [6, 6.07) is 0. The van der Waals surface area contributed by atoms with Gasteiger partial charge < -0.3 is 19.7 Å². The van der Waals surface area contributed by atoms with Crippen molar-refractivity contribution < 1.29 is 24.5 Å². The number of alkyl halides is 1. The molecule has 6 heteroatoms. The Hall–Kier alpha value is -0.270. The molecule has 4 aliphatic carbocycles. The Labute approximate surface area is 175 Å². The quantitative estimate of drug-likeness (QED) is 0.389. The average molecular weight is 455 g/mol. The monoisotopic (exact) mass is 454 g/mol. The van der Waals surface area contributed by atoms with E-state index in [0.29, 0.717) is 11.8 Å². The summed E-state index contributed by atoms with van der Waals surface area (Å²) in [7, 11) is 1.70. The highest BCUT2D eigenvalue weighted by atomic mass is 79.9. The summed E-state index contributed by atoms with van der Waals surface area (Å²) >= 11 is 3.55. The van der Waals surface area contributed by atoms with Crippen molar-refractivity contribution in [3.05, 3.63) is 11.6 Å². The Balaban J connectivity index is 1.45. The maximum Gasteiger partial charge on any atom is 0.184 e. The molecule has 0 spiro atoms. The van der Waals surface area contributed by atoms with E-state index in [-0.39, 0.29) is 46.9 Å². The maximum absolute atomic E-state index is 12.9. The Bertz CT molecular complexity index is 709. The number of aliphatic hydroxyl groups is 2. The first-order valence-electron chi connectivity index (χ1n) is 10.7. The summed E-state index contributed by atoms with van der Waals surface area (Å²) < 4.78 is 11.0. The number of methoxy groups -OCH3 is 1. The second kappa shape index (κ2) is 6.61. The average Bonchev–Trinajstić information content (AvgIpc) is 3.43. The molecule has 156 valence electrons. The molecule has 2 N–H and O–H groups in total. The van der Waals surface area contributed by atoms with E-state index >= 15 is 0 Å². The smallest absolute Gasteiger partial charge is 0.184 e. The van der Waals surface area contributed by atoms with Crippen LogP contribution in [0.3, 0.4) is 0 Å². The van der Waals surface area contributed by atoms with Gasteiger partial charge in [0.25, 0.3) is 0 Å². The fourth-order valence-corrected chi connectivity index (χ4v) is 8.30. The molecule has 5 rings (SSSR count). The van der Waals surface area contributed by atoms with Crippen molar-refractivity contribution in [2.75, 3.05) is 13.7 Å². The zero-order valence-corrected chi connectivity index (χ0v) is 18.2. The molecule has 1 saturated heterocycles. The van der Waals surface area contributed by atoms with Gasteiger partial charge >= 0.3 is 0 Å². The van der Waals surface area contributed by atoms with Crippen LogP contribution in [0.25, 0.3) is 0 Å². The predicted molar refractivity (Wildman–Crippen MR) is 107 cm³/mol. The van der Waals surface area contributed by atoms with Crippen molar-refractivity contribution in [1.29, 1.82) is 0 Å². The van der Waals surface area contributed by atoms with Crippen molar-refractivity contribution in [2.45, 2.75) is 68.8 Å². The lowest BCUT2D eigenvalue weighted by Crippen LogP contribution is -2.56. The van der Waals surface area contributed by atoms with Crippen LogP contribution in [0, 0.1) is 34.5 Å². The molecule has 4 fully saturated rings. The summed E-state index contributed by atoms with van der Waals surface area (Å²) in [4.78, 5) is 12.7. The second-order valence-electron chi connectivity index (χ2n) is 10.0. The van der Waals surface area contributed by atoms with Crippen molar-refractivity contribution in [1.82, 2.24) is 0 Å². The number of ketones is 1. The molecule has 1 aliphatic heterocycles. The van der Waals surface area contributed by atoms with Crippen molar-refractivity contribution in [3.8, 4) is 0 Å². The van der Waals surface area contributed by atoms with Crippen LogP contribution >= 0.6 is 15.9 Å². The van der Waals surface area contributed by atoms with Crippen LogP contribution < -0.4 is 0 Å². The van der Waals surface area contributed by atoms with Crippen molar-refractivity contribution in [3.63, 3.8) is 0 Å². The number of aliphatic hydroxyl groups excluding tert-OH is 2. The second-order valence-corrected chi connectivity index (χ2v) is 11.1. The zero-order valence-electron chi connectivity index (χ0n) is 16.6. The lowest BCUT2D eigenvalue weighted by atomic mass is 9.46. The molecule has 0 aromatic rings. The van der Waals surface area contributed by atoms with Gasteiger partial charge in [0, 0.05) is 7.11 Å². The van der Waals surface area contributed by atoms with Gasteiger partial charge in [-0.25, -0.2) is 0 Å². The molecule has 5 nitrogen and oxygen atoms in total. The molecule has 0 amide bonds. The molecule has 3 saturated carbocycles. The van der Waals surface area contributed by atoms with Gasteiger partial charge in [-0.15, -0.1) is 0 Å². The summed E-state index contributed by atoms with van der Waals surface area (Å²) in [6.45, 7) is 2.27. The van der Waals surface area contributed by atoms with E-state index in [9.17, 15) is 15.0 Å². The number of hydrogen-bond acceptors (Lipinski definition) is 5. The third-order valence-electron chi connectivity index (χ3n) is 9.07. The van der Waals surface area contributed by atoms with Crippen LogP contribution in [-0.2, 0) is 14.3 Å². The summed E-state index contributed by atoms with van der Waals surface area (Å²) in [5.41, 5.74) is 0.787.